The Morgan fingerprint density at radius 3 is 2.69 bits per heavy atom. The molecule has 1 aromatic heterocycles. The van der Waals surface area contributed by atoms with Gasteiger partial charge in [-0.3, -0.25) is 9.48 Å². The molecule has 5 nitrogen and oxygen atoms in total. The van der Waals surface area contributed by atoms with Crippen LogP contribution in [0.15, 0.2) is 48.7 Å². The van der Waals surface area contributed by atoms with Gasteiger partial charge in [0.2, 0.25) is 0 Å². The van der Waals surface area contributed by atoms with E-state index in [1.165, 1.54) is 0 Å². The molecule has 152 valence electrons. The van der Waals surface area contributed by atoms with Gasteiger partial charge in [0.05, 0.1) is 12.2 Å². The Morgan fingerprint density at radius 2 is 1.97 bits per heavy atom. The highest BCUT2D eigenvalue weighted by Crippen LogP contribution is 2.21. The van der Waals surface area contributed by atoms with Crippen molar-refractivity contribution in [1.82, 2.24) is 15.1 Å². The minimum absolute atomic E-state index is 0.102. The molecule has 0 fully saturated rings. The summed E-state index contributed by atoms with van der Waals surface area (Å²) in [5.74, 6) is 0.770. The van der Waals surface area contributed by atoms with Gasteiger partial charge in [-0.25, -0.2) is 0 Å². The third-order valence-electron chi connectivity index (χ3n) is 5.18. The van der Waals surface area contributed by atoms with Crippen molar-refractivity contribution in [3.63, 3.8) is 0 Å². The van der Waals surface area contributed by atoms with Gasteiger partial charge in [-0.1, -0.05) is 24.3 Å². The molecule has 1 heterocycles. The number of carbonyl (C=O) groups excluding carboxylic acids is 1. The lowest BCUT2D eigenvalue weighted by atomic mass is 10.1. The standard InChI is InChI=1S/C24H29N3O2/c1-6-27-19(5)22(14-25-27)18(4)26-24(28)21-9-7-8-20(13-21)15-29-23-12-16(2)10-11-17(23)3/h7-14,18H,6,15H2,1-5H3,(H,26,28). The molecule has 0 saturated carbocycles. The second-order valence-corrected chi connectivity index (χ2v) is 7.45. The van der Waals surface area contributed by atoms with E-state index >= 15 is 0 Å². The van der Waals surface area contributed by atoms with E-state index in [-0.39, 0.29) is 11.9 Å². The first-order chi connectivity index (χ1) is 13.9. The molecule has 1 atom stereocenters. The number of aryl methyl sites for hydroxylation is 3. The summed E-state index contributed by atoms with van der Waals surface area (Å²) in [6, 6.07) is 13.6. The van der Waals surface area contributed by atoms with E-state index in [0.717, 1.165) is 40.2 Å². The number of aromatic nitrogens is 2. The van der Waals surface area contributed by atoms with Crippen molar-refractivity contribution < 1.29 is 9.53 Å². The third kappa shape index (κ3) is 4.86. The van der Waals surface area contributed by atoms with E-state index in [9.17, 15) is 4.79 Å². The van der Waals surface area contributed by atoms with Gasteiger partial charge in [0.25, 0.3) is 5.91 Å². The zero-order valence-corrected chi connectivity index (χ0v) is 17.8. The predicted octanol–water partition coefficient (Wildman–Crippen LogP) is 4.90. The lowest BCUT2D eigenvalue weighted by Crippen LogP contribution is -2.27. The highest BCUT2D eigenvalue weighted by Gasteiger charge is 2.16. The lowest BCUT2D eigenvalue weighted by molar-refractivity contribution is 0.0939. The molecular weight excluding hydrogens is 362 g/mol. The largest absolute Gasteiger partial charge is 0.489 e. The van der Waals surface area contributed by atoms with E-state index in [2.05, 4.69) is 29.5 Å². The fraction of sp³-hybridized carbons (Fsp3) is 0.333. The van der Waals surface area contributed by atoms with Crippen LogP contribution in [-0.4, -0.2) is 15.7 Å². The molecule has 0 aliphatic rings. The summed E-state index contributed by atoms with van der Waals surface area (Å²) in [6.07, 6.45) is 1.83. The Hall–Kier alpha value is -3.08. The highest BCUT2D eigenvalue weighted by atomic mass is 16.5. The molecule has 0 aliphatic heterocycles. The minimum atomic E-state index is -0.113. The summed E-state index contributed by atoms with van der Waals surface area (Å²) < 4.78 is 7.91. The average Bonchev–Trinajstić information content (AvgIpc) is 3.09. The molecule has 1 unspecified atom stereocenters. The fourth-order valence-electron chi connectivity index (χ4n) is 3.39. The van der Waals surface area contributed by atoms with E-state index in [0.29, 0.717) is 12.2 Å². The number of hydrogen-bond donors (Lipinski definition) is 1. The molecule has 5 heteroatoms. The number of hydrogen-bond acceptors (Lipinski definition) is 3. The Bertz CT molecular complexity index is 1010. The Balaban J connectivity index is 1.67. The van der Waals surface area contributed by atoms with Crippen molar-refractivity contribution in [1.29, 1.82) is 0 Å². The first-order valence-electron chi connectivity index (χ1n) is 10.0. The maximum Gasteiger partial charge on any atom is 0.251 e. The molecule has 0 saturated heterocycles. The van der Waals surface area contributed by atoms with Crippen LogP contribution >= 0.6 is 0 Å². The topological polar surface area (TPSA) is 56.2 Å². The number of nitrogens with zero attached hydrogens (tertiary/aromatic N) is 2. The third-order valence-corrected chi connectivity index (χ3v) is 5.18. The van der Waals surface area contributed by atoms with Gasteiger partial charge in [0.1, 0.15) is 12.4 Å². The van der Waals surface area contributed by atoms with Crippen LogP contribution in [0.25, 0.3) is 0 Å². The number of amides is 1. The summed E-state index contributed by atoms with van der Waals surface area (Å²) in [5, 5.41) is 7.44. The molecule has 3 rings (SSSR count). The molecule has 0 radical (unpaired) electrons. The smallest absolute Gasteiger partial charge is 0.251 e. The number of nitrogens with one attached hydrogen (secondary N) is 1. The summed E-state index contributed by atoms with van der Waals surface area (Å²) in [7, 11) is 0. The molecule has 2 aromatic carbocycles. The summed E-state index contributed by atoms with van der Waals surface area (Å²) in [5.41, 5.74) is 5.96. The zero-order valence-electron chi connectivity index (χ0n) is 17.8. The summed E-state index contributed by atoms with van der Waals surface area (Å²) in [4.78, 5) is 12.8. The fourth-order valence-corrected chi connectivity index (χ4v) is 3.39. The maximum atomic E-state index is 12.8. The van der Waals surface area contributed by atoms with Gasteiger partial charge in [0.15, 0.2) is 0 Å². The van der Waals surface area contributed by atoms with Crippen LogP contribution in [0, 0.1) is 20.8 Å². The van der Waals surface area contributed by atoms with Crippen molar-refractivity contribution in [2.24, 2.45) is 0 Å². The summed E-state index contributed by atoms with van der Waals surface area (Å²) >= 11 is 0. The van der Waals surface area contributed by atoms with Crippen LogP contribution in [0.1, 0.15) is 58.2 Å². The maximum absolute atomic E-state index is 12.8. The van der Waals surface area contributed by atoms with Gasteiger partial charge in [0, 0.05) is 23.4 Å². The van der Waals surface area contributed by atoms with Crippen molar-refractivity contribution in [2.75, 3.05) is 0 Å². The van der Waals surface area contributed by atoms with Gasteiger partial charge in [-0.05, 0) is 69.5 Å². The quantitative estimate of drug-likeness (QED) is 0.623. The lowest BCUT2D eigenvalue weighted by Gasteiger charge is -2.15. The Morgan fingerprint density at radius 1 is 1.17 bits per heavy atom. The Labute approximate surface area is 172 Å². The van der Waals surface area contributed by atoms with E-state index < -0.39 is 0 Å². The van der Waals surface area contributed by atoms with E-state index in [1.54, 1.807) is 0 Å². The van der Waals surface area contributed by atoms with Gasteiger partial charge in [-0.2, -0.15) is 5.10 Å². The van der Waals surface area contributed by atoms with Gasteiger partial charge < -0.3 is 10.1 Å². The summed E-state index contributed by atoms with van der Waals surface area (Å²) in [6.45, 7) is 11.4. The average molecular weight is 392 g/mol. The number of carbonyl (C=O) groups is 1. The molecule has 3 aromatic rings. The van der Waals surface area contributed by atoms with Crippen molar-refractivity contribution >= 4 is 5.91 Å². The molecular formula is C24H29N3O2. The minimum Gasteiger partial charge on any atom is -0.489 e. The van der Waals surface area contributed by atoms with Gasteiger partial charge >= 0.3 is 0 Å². The highest BCUT2D eigenvalue weighted by molar-refractivity contribution is 5.94. The van der Waals surface area contributed by atoms with Crippen LogP contribution in [0.3, 0.4) is 0 Å². The molecule has 0 spiro atoms. The van der Waals surface area contributed by atoms with Crippen molar-refractivity contribution in [2.45, 2.75) is 53.8 Å². The van der Waals surface area contributed by atoms with Gasteiger partial charge in [-0.15, -0.1) is 0 Å². The number of rotatable bonds is 7. The monoisotopic (exact) mass is 391 g/mol. The first kappa shape index (κ1) is 20.6. The number of benzene rings is 2. The second kappa shape index (κ2) is 8.95. The molecule has 1 amide bonds. The van der Waals surface area contributed by atoms with E-state index in [4.69, 9.17) is 4.74 Å². The van der Waals surface area contributed by atoms with Crippen molar-refractivity contribution in [3.05, 3.63) is 82.2 Å². The predicted molar refractivity (Wildman–Crippen MR) is 115 cm³/mol. The number of ether oxygens (including phenoxy) is 1. The second-order valence-electron chi connectivity index (χ2n) is 7.45. The molecule has 1 N–H and O–H groups in total. The SMILES string of the molecule is CCn1ncc(C(C)NC(=O)c2cccc(COc3cc(C)ccc3C)c2)c1C. The molecule has 0 aliphatic carbocycles. The van der Waals surface area contributed by atoms with Crippen LogP contribution < -0.4 is 10.1 Å². The van der Waals surface area contributed by atoms with Crippen LogP contribution in [0.2, 0.25) is 0 Å². The first-order valence-corrected chi connectivity index (χ1v) is 10.0. The van der Waals surface area contributed by atoms with Crippen LogP contribution in [0.5, 0.6) is 5.75 Å². The van der Waals surface area contributed by atoms with Crippen molar-refractivity contribution in [3.8, 4) is 5.75 Å². The molecule has 0 bridgehead atoms. The molecule has 29 heavy (non-hydrogen) atoms. The van der Waals surface area contributed by atoms with Crippen LogP contribution in [0.4, 0.5) is 0 Å². The normalized spacial score (nSPS) is 11.9. The van der Waals surface area contributed by atoms with Crippen LogP contribution in [-0.2, 0) is 13.2 Å². The zero-order chi connectivity index (χ0) is 21.0. The Kier molecular flexibility index (Phi) is 6.37. The van der Waals surface area contributed by atoms with E-state index in [1.807, 2.05) is 68.9 Å².